The second-order valence-corrected chi connectivity index (χ2v) is 10.5. The second-order valence-electron chi connectivity index (χ2n) is 8.59. The Kier molecular flexibility index (Phi) is 11.7. The van der Waals surface area contributed by atoms with Crippen LogP contribution in [0.1, 0.15) is 45.6 Å². The molecule has 0 bridgehead atoms. The molecule has 0 aliphatic carbocycles. The quantitative estimate of drug-likeness (QED) is 0.364. The molecule has 0 spiro atoms. The molecule has 0 saturated heterocycles. The lowest BCUT2D eigenvalue weighted by Gasteiger charge is -2.33. The fourth-order valence-electron chi connectivity index (χ4n) is 3.89. The average Bonchev–Trinajstić information content (AvgIpc) is 2.85. The lowest BCUT2D eigenvalue weighted by atomic mass is 10.1. The van der Waals surface area contributed by atoms with E-state index in [0.717, 1.165) is 29.0 Å². The first kappa shape index (κ1) is 29.2. The van der Waals surface area contributed by atoms with Crippen molar-refractivity contribution in [1.82, 2.24) is 10.2 Å². The van der Waals surface area contributed by atoms with Gasteiger partial charge in [-0.2, -0.15) is 0 Å². The maximum Gasteiger partial charge on any atom is 0.244 e. The van der Waals surface area contributed by atoms with Gasteiger partial charge in [0.2, 0.25) is 21.8 Å². The number of sulfonamides is 1. The lowest BCUT2D eigenvalue weighted by Crippen LogP contribution is -2.53. The van der Waals surface area contributed by atoms with E-state index in [-0.39, 0.29) is 5.91 Å². The molecule has 8 nitrogen and oxygen atoms in total. The van der Waals surface area contributed by atoms with Crippen LogP contribution in [-0.2, 0) is 26.0 Å². The van der Waals surface area contributed by atoms with Crippen molar-refractivity contribution in [3.63, 3.8) is 0 Å². The number of unbranched alkanes of at least 4 members (excludes halogenated alkanes) is 1. The number of amides is 2. The molecule has 2 aromatic carbocycles. The van der Waals surface area contributed by atoms with E-state index in [9.17, 15) is 18.0 Å². The molecule has 0 radical (unpaired) electrons. The summed E-state index contributed by atoms with van der Waals surface area (Å²) >= 11 is 0. The maximum absolute atomic E-state index is 13.6. The standard InChI is InChI=1S/C27H39N3O5S/c1-5-8-19-28-27(32)25(6-2)29(20-18-22-12-10-9-11-13-22)26(31)21-30(36(4,33)34)23-14-16-24(17-15-23)35-7-3/h9-17,25H,5-8,18-21H2,1-4H3,(H,28,32)/t25-/m0/s1. The first-order chi connectivity index (χ1) is 17.2. The SMILES string of the molecule is CCCCNC(=O)[C@H](CC)N(CCc1ccccc1)C(=O)CN(c1ccc(OCC)cc1)S(C)(=O)=O. The molecular weight excluding hydrogens is 478 g/mol. The van der Waals surface area contributed by atoms with Crippen molar-refractivity contribution in [2.75, 3.05) is 36.8 Å². The Morgan fingerprint density at radius 3 is 2.22 bits per heavy atom. The Morgan fingerprint density at radius 1 is 1.00 bits per heavy atom. The zero-order chi connectivity index (χ0) is 26.6. The summed E-state index contributed by atoms with van der Waals surface area (Å²) in [5.74, 6) is -0.0395. The molecule has 0 unspecified atom stereocenters. The smallest absolute Gasteiger partial charge is 0.244 e. The highest BCUT2D eigenvalue weighted by Gasteiger charge is 2.31. The highest BCUT2D eigenvalue weighted by molar-refractivity contribution is 7.92. The molecule has 0 aliphatic rings. The first-order valence-electron chi connectivity index (χ1n) is 12.5. The van der Waals surface area contributed by atoms with E-state index < -0.39 is 28.5 Å². The zero-order valence-electron chi connectivity index (χ0n) is 21.8. The van der Waals surface area contributed by atoms with Crippen LogP contribution in [0.5, 0.6) is 5.75 Å². The number of nitrogens with zero attached hydrogens (tertiary/aromatic N) is 2. The van der Waals surface area contributed by atoms with Crippen molar-refractivity contribution in [1.29, 1.82) is 0 Å². The summed E-state index contributed by atoms with van der Waals surface area (Å²) in [5, 5.41) is 2.92. The molecule has 0 fully saturated rings. The van der Waals surface area contributed by atoms with Crippen LogP contribution in [0.4, 0.5) is 5.69 Å². The Balaban J connectivity index is 2.31. The third kappa shape index (κ3) is 8.86. The highest BCUT2D eigenvalue weighted by Crippen LogP contribution is 2.22. The predicted octanol–water partition coefficient (Wildman–Crippen LogP) is 3.62. The average molecular weight is 518 g/mol. The van der Waals surface area contributed by atoms with Crippen molar-refractivity contribution in [3.8, 4) is 5.75 Å². The molecule has 0 aromatic heterocycles. The van der Waals surface area contributed by atoms with Gasteiger partial charge in [-0.25, -0.2) is 8.42 Å². The van der Waals surface area contributed by atoms with E-state index in [0.29, 0.717) is 44.0 Å². The Bertz CT molecular complexity index is 1060. The van der Waals surface area contributed by atoms with Crippen molar-refractivity contribution in [2.45, 2.75) is 52.5 Å². The van der Waals surface area contributed by atoms with Crippen LogP contribution in [0, 0.1) is 0 Å². The van der Waals surface area contributed by atoms with Crippen LogP contribution >= 0.6 is 0 Å². The van der Waals surface area contributed by atoms with Crippen LogP contribution in [0.25, 0.3) is 0 Å². The topological polar surface area (TPSA) is 96.0 Å². The van der Waals surface area contributed by atoms with Crippen molar-refractivity contribution >= 4 is 27.5 Å². The summed E-state index contributed by atoms with van der Waals surface area (Å²) in [6.07, 6.45) is 3.83. The predicted molar refractivity (Wildman–Crippen MR) is 144 cm³/mol. The van der Waals surface area contributed by atoms with Gasteiger partial charge in [-0.3, -0.25) is 13.9 Å². The molecule has 0 heterocycles. The number of carbonyl (C=O) groups excluding carboxylic acids is 2. The van der Waals surface area contributed by atoms with Gasteiger partial charge in [0.25, 0.3) is 0 Å². The Hall–Kier alpha value is -3.07. The van der Waals surface area contributed by atoms with Crippen molar-refractivity contribution in [2.24, 2.45) is 0 Å². The number of nitrogens with one attached hydrogen (secondary N) is 1. The molecule has 2 rings (SSSR count). The monoisotopic (exact) mass is 517 g/mol. The number of benzene rings is 2. The van der Waals surface area contributed by atoms with Gasteiger partial charge in [0.15, 0.2) is 0 Å². The number of hydrogen-bond acceptors (Lipinski definition) is 5. The molecule has 0 saturated carbocycles. The minimum atomic E-state index is -3.76. The molecule has 2 amide bonds. The van der Waals surface area contributed by atoms with Crippen LogP contribution in [-0.4, -0.2) is 63.7 Å². The molecule has 1 atom stereocenters. The van der Waals surface area contributed by atoms with Crippen molar-refractivity contribution in [3.05, 3.63) is 60.2 Å². The van der Waals surface area contributed by atoms with Gasteiger partial charge in [0.05, 0.1) is 18.6 Å². The molecule has 1 N–H and O–H groups in total. The number of anilines is 1. The number of ether oxygens (including phenoxy) is 1. The first-order valence-corrected chi connectivity index (χ1v) is 14.4. The molecule has 0 aliphatic heterocycles. The minimum Gasteiger partial charge on any atom is -0.494 e. The minimum absolute atomic E-state index is 0.223. The highest BCUT2D eigenvalue weighted by atomic mass is 32.2. The van der Waals surface area contributed by atoms with E-state index in [1.165, 1.54) is 4.90 Å². The largest absolute Gasteiger partial charge is 0.494 e. The zero-order valence-corrected chi connectivity index (χ0v) is 22.6. The molecule has 36 heavy (non-hydrogen) atoms. The third-order valence-electron chi connectivity index (χ3n) is 5.81. The van der Waals surface area contributed by atoms with Crippen LogP contribution in [0.15, 0.2) is 54.6 Å². The summed E-state index contributed by atoms with van der Waals surface area (Å²) in [6.45, 7) is 6.68. The molecular formula is C27H39N3O5S. The van der Waals surface area contributed by atoms with E-state index in [4.69, 9.17) is 4.74 Å². The Labute approximate surface area is 215 Å². The summed E-state index contributed by atoms with van der Waals surface area (Å²) in [4.78, 5) is 28.1. The molecule has 198 valence electrons. The summed E-state index contributed by atoms with van der Waals surface area (Å²) in [7, 11) is -3.76. The fraction of sp³-hybridized carbons (Fsp3) is 0.481. The second kappa shape index (κ2) is 14.5. The normalized spacial score (nSPS) is 12.0. The summed E-state index contributed by atoms with van der Waals surface area (Å²) in [5.41, 5.74) is 1.39. The van der Waals surface area contributed by atoms with Gasteiger partial charge in [0, 0.05) is 13.1 Å². The van der Waals surface area contributed by atoms with Crippen LogP contribution < -0.4 is 14.4 Å². The molecule has 2 aromatic rings. The Morgan fingerprint density at radius 2 is 1.67 bits per heavy atom. The van der Waals surface area contributed by atoms with Crippen LogP contribution in [0.3, 0.4) is 0 Å². The number of rotatable bonds is 15. The van der Waals surface area contributed by atoms with Gasteiger partial charge in [-0.05, 0) is 56.0 Å². The van der Waals surface area contributed by atoms with E-state index in [2.05, 4.69) is 5.32 Å². The number of hydrogen-bond donors (Lipinski definition) is 1. The van der Waals surface area contributed by atoms with Gasteiger partial charge in [-0.1, -0.05) is 50.6 Å². The van der Waals surface area contributed by atoms with Gasteiger partial charge in [0.1, 0.15) is 18.3 Å². The summed E-state index contributed by atoms with van der Waals surface area (Å²) in [6, 6.07) is 15.6. The van der Waals surface area contributed by atoms with Crippen molar-refractivity contribution < 1.29 is 22.7 Å². The number of carbonyl (C=O) groups is 2. The van der Waals surface area contributed by atoms with E-state index in [1.54, 1.807) is 24.3 Å². The van der Waals surface area contributed by atoms with Gasteiger partial charge < -0.3 is 15.0 Å². The van der Waals surface area contributed by atoms with Crippen LogP contribution in [0.2, 0.25) is 0 Å². The van der Waals surface area contributed by atoms with E-state index in [1.807, 2.05) is 51.1 Å². The molecule has 9 heteroatoms. The fourth-order valence-corrected chi connectivity index (χ4v) is 4.74. The third-order valence-corrected chi connectivity index (χ3v) is 6.96. The summed E-state index contributed by atoms with van der Waals surface area (Å²) < 4.78 is 31.9. The lowest BCUT2D eigenvalue weighted by molar-refractivity contribution is -0.139. The van der Waals surface area contributed by atoms with E-state index >= 15 is 0 Å². The van der Waals surface area contributed by atoms with Gasteiger partial charge >= 0.3 is 0 Å². The maximum atomic E-state index is 13.6. The van der Waals surface area contributed by atoms with Gasteiger partial charge in [-0.15, -0.1) is 0 Å².